The van der Waals surface area contributed by atoms with Crippen LogP contribution in [-0.4, -0.2) is 27.0 Å². The molecule has 3 aromatic heterocycles. The number of hydrogen-bond donors (Lipinski definition) is 1. The van der Waals surface area contributed by atoms with Gasteiger partial charge in [-0.15, -0.1) is 11.3 Å². The SMILES string of the molecule is COc1ccc2nc(-c3cccnc3)nc(Nc3nc(-c4ccc(Br)cc4)cs3)c2c1. The van der Waals surface area contributed by atoms with E-state index in [0.717, 1.165) is 43.1 Å². The van der Waals surface area contributed by atoms with Crippen LogP contribution in [0.2, 0.25) is 0 Å². The number of pyridine rings is 1. The Hall–Kier alpha value is -3.36. The molecule has 1 N–H and O–H groups in total. The molecule has 0 spiro atoms. The van der Waals surface area contributed by atoms with Crippen molar-refractivity contribution in [1.29, 1.82) is 0 Å². The lowest BCUT2D eigenvalue weighted by Gasteiger charge is -2.10. The number of nitrogens with one attached hydrogen (secondary N) is 1. The number of ether oxygens (including phenoxy) is 1. The normalized spacial score (nSPS) is 10.9. The number of methoxy groups -OCH3 is 1. The minimum atomic E-state index is 0.595. The summed E-state index contributed by atoms with van der Waals surface area (Å²) < 4.78 is 6.44. The van der Waals surface area contributed by atoms with Gasteiger partial charge in [0.2, 0.25) is 0 Å². The van der Waals surface area contributed by atoms with E-state index in [1.54, 1.807) is 19.5 Å². The number of hydrogen-bond acceptors (Lipinski definition) is 7. The highest BCUT2D eigenvalue weighted by Gasteiger charge is 2.13. The van der Waals surface area contributed by atoms with E-state index < -0.39 is 0 Å². The Morgan fingerprint density at radius 3 is 2.61 bits per heavy atom. The Morgan fingerprint density at radius 1 is 0.968 bits per heavy atom. The zero-order valence-electron chi connectivity index (χ0n) is 16.4. The summed E-state index contributed by atoms with van der Waals surface area (Å²) >= 11 is 4.99. The van der Waals surface area contributed by atoms with E-state index in [-0.39, 0.29) is 0 Å². The summed E-state index contributed by atoms with van der Waals surface area (Å²) in [5, 5.41) is 7.01. The third kappa shape index (κ3) is 4.12. The average molecular weight is 490 g/mol. The zero-order valence-corrected chi connectivity index (χ0v) is 18.8. The number of anilines is 2. The fourth-order valence-corrected chi connectivity index (χ4v) is 4.12. The number of thiazole rings is 1. The van der Waals surface area contributed by atoms with E-state index in [1.165, 1.54) is 11.3 Å². The van der Waals surface area contributed by atoms with Crippen LogP contribution in [0.4, 0.5) is 10.9 Å². The van der Waals surface area contributed by atoms with Crippen molar-refractivity contribution in [2.45, 2.75) is 0 Å². The van der Waals surface area contributed by atoms with Gasteiger partial charge in [0.15, 0.2) is 11.0 Å². The summed E-state index contributed by atoms with van der Waals surface area (Å²) in [7, 11) is 1.64. The van der Waals surface area contributed by atoms with Crippen LogP contribution in [0, 0.1) is 0 Å². The lowest BCUT2D eigenvalue weighted by molar-refractivity contribution is 0.415. The van der Waals surface area contributed by atoms with Crippen molar-refractivity contribution in [2.24, 2.45) is 0 Å². The van der Waals surface area contributed by atoms with Crippen molar-refractivity contribution in [3.63, 3.8) is 0 Å². The van der Waals surface area contributed by atoms with E-state index in [0.29, 0.717) is 11.6 Å². The van der Waals surface area contributed by atoms with Gasteiger partial charge in [-0.3, -0.25) is 4.98 Å². The summed E-state index contributed by atoms with van der Waals surface area (Å²) in [6.07, 6.45) is 3.48. The van der Waals surface area contributed by atoms with Gasteiger partial charge in [-0.2, -0.15) is 0 Å². The third-order valence-electron chi connectivity index (χ3n) is 4.69. The van der Waals surface area contributed by atoms with Crippen molar-refractivity contribution in [3.05, 3.63) is 76.8 Å². The molecule has 0 bridgehead atoms. The molecule has 0 amide bonds. The van der Waals surface area contributed by atoms with Crippen LogP contribution >= 0.6 is 27.3 Å². The largest absolute Gasteiger partial charge is 0.497 e. The lowest BCUT2D eigenvalue weighted by atomic mass is 10.2. The number of nitrogens with zero attached hydrogens (tertiary/aromatic N) is 4. The smallest absolute Gasteiger partial charge is 0.188 e. The molecule has 0 unspecified atom stereocenters. The van der Waals surface area contributed by atoms with Crippen LogP contribution in [0.1, 0.15) is 0 Å². The summed E-state index contributed by atoms with van der Waals surface area (Å²) in [5.74, 6) is 2.00. The van der Waals surface area contributed by atoms with Gasteiger partial charge >= 0.3 is 0 Å². The summed E-state index contributed by atoms with van der Waals surface area (Å²) in [6.45, 7) is 0. The molecule has 0 saturated heterocycles. The van der Waals surface area contributed by atoms with Gasteiger partial charge < -0.3 is 10.1 Å². The molecule has 31 heavy (non-hydrogen) atoms. The van der Waals surface area contributed by atoms with Gasteiger partial charge in [-0.05, 0) is 42.5 Å². The first-order valence-electron chi connectivity index (χ1n) is 9.44. The van der Waals surface area contributed by atoms with Crippen LogP contribution in [-0.2, 0) is 0 Å². The maximum absolute atomic E-state index is 5.40. The maximum Gasteiger partial charge on any atom is 0.188 e. The number of benzene rings is 2. The van der Waals surface area contributed by atoms with Crippen molar-refractivity contribution < 1.29 is 4.74 Å². The summed E-state index contributed by atoms with van der Waals surface area (Å²) in [5.41, 5.74) is 3.61. The van der Waals surface area contributed by atoms with Crippen molar-refractivity contribution in [2.75, 3.05) is 12.4 Å². The molecule has 0 radical (unpaired) electrons. The molecule has 5 aromatic rings. The van der Waals surface area contributed by atoms with Crippen molar-refractivity contribution in [1.82, 2.24) is 19.9 Å². The Bertz CT molecular complexity index is 1360. The molecular weight excluding hydrogens is 474 g/mol. The molecule has 2 aromatic carbocycles. The molecule has 6 nitrogen and oxygen atoms in total. The van der Waals surface area contributed by atoms with Gasteiger partial charge in [-0.25, -0.2) is 15.0 Å². The Labute approximate surface area is 191 Å². The topological polar surface area (TPSA) is 72.8 Å². The van der Waals surface area contributed by atoms with Gasteiger partial charge in [0.25, 0.3) is 0 Å². The second-order valence-corrected chi connectivity index (χ2v) is 8.46. The number of halogens is 1. The summed E-state index contributed by atoms with van der Waals surface area (Å²) in [4.78, 5) is 18.4. The van der Waals surface area contributed by atoms with Crippen LogP contribution in [0.3, 0.4) is 0 Å². The van der Waals surface area contributed by atoms with E-state index in [4.69, 9.17) is 19.7 Å². The molecule has 3 heterocycles. The zero-order chi connectivity index (χ0) is 21.2. The average Bonchev–Trinajstić information content (AvgIpc) is 3.28. The molecule has 8 heteroatoms. The molecule has 152 valence electrons. The molecule has 0 aliphatic heterocycles. The van der Waals surface area contributed by atoms with E-state index in [9.17, 15) is 0 Å². The Morgan fingerprint density at radius 2 is 1.84 bits per heavy atom. The molecule has 0 fully saturated rings. The monoisotopic (exact) mass is 489 g/mol. The van der Waals surface area contributed by atoms with Gasteiger partial charge in [0.1, 0.15) is 11.6 Å². The lowest BCUT2D eigenvalue weighted by Crippen LogP contribution is -2.00. The molecular formula is C23H16BrN5OS. The molecule has 0 aliphatic carbocycles. The van der Waals surface area contributed by atoms with Crippen LogP contribution in [0.25, 0.3) is 33.5 Å². The first-order chi connectivity index (χ1) is 15.2. The minimum Gasteiger partial charge on any atom is -0.497 e. The predicted molar refractivity (Wildman–Crippen MR) is 128 cm³/mol. The number of aromatic nitrogens is 4. The molecule has 0 aliphatic rings. The van der Waals surface area contributed by atoms with Gasteiger partial charge in [0.05, 0.1) is 18.3 Å². The van der Waals surface area contributed by atoms with E-state index >= 15 is 0 Å². The maximum atomic E-state index is 5.40. The van der Waals surface area contributed by atoms with Crippen molar-refractivity contribution in [3.8, 4) is 28.4 Å². The molecule has 0 atom stereocenters. The molecule has 5 rings (SSSR count). The number of rotatable bonds is 5. The van der Waals surface area contributed by atoms with Crippen LogP contribution in [0.15, 0.2) is 76.8 Å². The number of fused-ring (bicyclic) bond motifs is 1. The standard InChI is InChI=1S/C23H16BrN5OS/c1-30-17-8-9-19-18(11-17)22(28-21(26-19)15-3-2-10-25-12-15)29-23-27-20(13-31-23)14-4-6-16(24)7-5-14/h2-13H,1H3,(H,26,27,28,29). The van der Waals surface area contributed by atoms with Gasteiger partial charge in [-0.1, -0.05) is 28.1 Å². The second-order valence-electron chi connectivity index (χ2n) is 6.69. The fraction of sp³-hybridized carbons (Fsp3) is 0.0435. The van der Waals surface area contributed by atoms with Crippen molar-refractivity contribution >= 4 is 49.1 Å². The van der Waals surface area contributed by atoms with E-state index in [2.05, 4.69) is 26.2 Å². The third-order valence-corrected chi connectivity index (χ3v) is 5.98. The highest BCUT2D eigenvalue weighted by Crippen LogP contribution is 2.32. The first-order valence-corrected chi connectivity index (χ1v) is 11.1. The fourth-order valence-electron chi connectivity index (χ4n) is 3.14. The first kappa shape index (κ1) is 19.6. The Balaban J connectivity index is 1.57. The molecule has 0 saturated carbocycles. The van der Waals surface area contributed by atoms with E-state index in [1.807, 2.05) is 60.0 Å². The predicted octanol–water partition coefficient (Wildman–Crippen LogP) is 6.33. The van der Waals surface area contributed by atoms with Crippen LogP contribution in [0.5, 0.6) is 5.75 Å². The second kappa shape index (κ2) is 8.41. The minimum absolute atomic E-state index is 0.595. The Kier molecular flexibility index (Phi) is 5.31. The highest BCUT2D eigenvalue weighted by molar-refractivity contribution is 9.10. The highest BCUT2D eigenvalue weighted by atomic mass is 79.9. The quantitative estimate of drug-likeness (QED) is 0.311. The van der Waals surface area contributed by atoms with Crippen LogP contribution < -0.4 is 10.1 Å². The summed E-state index contributed by atoms with van der Waals surface area (Å²) in [6, 6.07) is 17.6. The van der Waals surface area contributed by atoms with Gasteiger partial charge in [0, 0.05) is 38.8 Å².